The summed E-state index contributed by atoms with van der Waals surface area (Å²) in [6.07, 6.45) is 2.90. The lowest BCUT2D eigenvalue weighted by Gasteiger charge is -2.26. The Hall–Kier alpha value is -2.02. The second-order valence-corrected chi connectivity index (χ2v) is 8.07. The van der Waals surface area contributed by atoms with Crippen molar-refractivity contribution in [3.8, 4) is 0 Å². The van der Waals surface area contributed by atoms with Crippen molar-refractivity contribution in [2.45, 2.75) is 55.8 Å². The lowest BCUT2D eigenvalue weighted by Crippen LogP contribution is -2.48. The molecule has 0 aliphatic carbocycles. The number of aryl methyl sites for hydroxylation is 2. The molecule has 0 radical (unpaired) electrons. The van der Waals surface area contributed by atoms with Crippen LogP contribution in [0.15, 0.2) is 40.2 Å². The van der Waals surface area contributed by atoms with Crippen LogP contribution >= 0.6 is 11.8 Å². The van der Waals surface area contributed by atoms with Crippen molar-refractivity contribution in [2.24, 2.45) is 4.99 Å². The summed E-state index contributed by atoms with van der Waals surface area (Å²) in [5.41, 5.74) is 0. The van der Waals surface area contributed by atoms with Crippen LogP contribution in [0.3, 0.4) is 0 Å². The molecule has 1 aromatic heterocycles. The van der Waals surface area contributed by atoms with Crippen LogP contribution < -0.4 is 10.6 Å². The zero-order valence-electron chi connectivity index (χ0n) is 15.8. The minimum Gasteiger partial charge on any atom is -0.355 e. The van der Waals surface area contributed by atoms with Crippen LogP contribution in [0.2, 0.25) is 0 Å². The summed E-state index contributed by atoms with van der Waals surface area (Å²) >= 11 is 1.87. The number of aliphatic imine (C=N–C) groups is 1. The topological polar surface area (TPSA) is 67.1 Å². The highest BCUT2D eigenvalue weighted by molar-refractivity contribution is 8.00. The Morgan fingerprint density at radius 3 is 2.92 bits per heavy atom. The number of thioether (sulfide) groups is 1. The summed E-state index contributed by atoms with van der Waals surface area (Å²) in [7, 11) is 1.82. The zero-order valence-corrected chi connectivity index (χ0v) is 16.6. The summed E-state index contributed by atoms with van der Waals surface area (Å²) in [5, 5.41) is 12.0. The van der Waals surface area contributed by atoms with E-state index in [4.69, 9.17) is 0 Å². The molecule has 0 saturated carbocycles. The van der Waals surface area contributed by atoms with Gasteiger partial charge in [0.2, 0.25) is 0 Å². The molecule has 2 unspecified atom stereocenters. The standard InChI is InChI=1S/C19H28N6S/c1-4-17-23-18-11-10-15(13-25(18)24-17)22-19(20-3)21-12-14(2)26-16-8-6-5-7-9-16/h5-9,14-15H,4,10-13H2,1-3H3,(H2,20,21,22). The second-order valence-electron chi connectivity index (χ2n) is 6.55. The molecule has 1 aromatic carbocycles. The molecule has 2 N–H and O–H groups in total. The lowest BCUT2D eigenvalue weighted by atomic mass is 10.1. The molecule has 1 aliphatic rings. The Morgan fingerprint density at radius 1 is 1.38 bits per heavy atom. The number of fused-ring (bicyclic) bond motifs is 1. The average Bonchev–Trinajstić information content (AvgIpc) is 3.08. The molecule has 2 aromatic rings. The van der Waals surface area contributed by atoms with E-state index in [0.717, 1.165) is 50.0 Å². The number of guanidine groups is 1. The largest absolute Gasteiger partial charge is 0.355 e. The van der Waals surface area contributed by atoms with Gasteiger partial charge in [-0.1, -0.05) is 32.0 Å². The number of benzene rings is 1. The molecule has 1 aliphatic heterocycles. The van der Waals surface area contributed by atoms with Crippen molar-refractivity contribution < 1.29 is 0 Å². The highest BCUT2D eigenvalue weighted by Crippen LogP contribution is 2.22. The maximum absolute atomic E-state index is 4.58. The minimum absolute atomic E-state index is 0.331. The van der Waals surface area contributed by atoms with E-state index in [9.17, 15) is 0 Å². The van der Waals surface area contributed by atoms with Gasteiger partial charge in [0.1, 0.15) is 5.82 Å². The molecule has 2 heterocycles. The number of aromatic nitrogens is 3. The van der Waals surface area contributed by atoms with Crippen molar-refractivity contribution in [3.63, 3.8) is 0 Å². The average molecular weight is 373 g/mol. The molecule has 6 nitrogen and oxygen atoms in total. The van der Waals surface area contributed by atoms with E-state index in [-0.39, 0.29) is 0 Å². The maximum atomic E-state index is 4.58. The van der Waals surface area contributed by atoms with Gasteiger partial charge in [0.05, 0.1) is 6.54 Å². The Balaban J connectivity index is 1.47. The normalized spacial score (nSPS) is 18.3. The number of hydrogen-bond donors (Lipinski definition) is 2. The number of hydrogen-bond acceptors (Lipinski definition) is 4. The van der Waals surface area contributed by atoms with E-state index in [2.05, 4.69) is 63.8 Å². The summed E-state index contributed by atoms with van der Waals surface area (Å²) in [6, 6.07) is 10.8. The Bertz CT molecular complexity index is 727. The third kappa shape index (κ3) is 5.00. The highest BCUT2D eigenvalue weighted by atomic mass is 32.2. The van der Waals surface area contributed by atoms with Gasteiger partial charge in [-0.05, 0) is 18.6 Å². The SMILES string of the molecule is CCc1nc2n(n1)CC(NC(=NC)NCC(C)Sc1ccccc1)CC2. The molecule has 3 rings (SSSR count). The van der Waals surface area contributed by atoms with E-state index < -0.39 is 0 Å². The van der Waals surface area contributed by atoms with Crippen molar-refractivity contribution in [1.82, 2.24) is 25.4 Å². The maximum Gasteiger partial charge on any atom is 0.191 e. The third-order valence-electron chi connectivity index (χ3n) is 4.42. The molecule has 0 saturated heterocycles. The summed E-state index contributed by atoms with van der Waals surface area (Å²) in [5.74, 6) is 2.90. The first-order valence-corrected chi connectivity index (χ1v) is 10.2. The van der Waals surface area contributed by atoms with Gasteiger partial charge >= 0.3 is 0 Å². The van der Waals surface area contributed by atoms with Crippen molar-refractivity contribution in [2.75, 3.05) is 13.6 Å². The molecular weight excluding hydrogens is 344 g/mol. The van der Waals surface area contributed by atoms with Crippen LogP contribution in [0, 0.1) is 0 Å². The Kier molecular flexibility index (Phi) is 6.55. The highest BCUT2D eigenvalue weighted by Gasteiger charge is 2.22. The lowest BCUT2D eigenvalue weighted by molar-refractivity contribution is 0.392. The molecule has 0 fully saturated rings. The fraction of sp³-hybridized carbons (Fsp3) is 0.526. The van der Waals surface area contributed by atoms with Crippen molar-refractivity contribution in [3.05, 3.63) is 42.0 Å². The molecule has 0 bridgehead atoms. The van der Waals surface area contributed by atoms with E-state index in [1.54, 1.807) is 0 Å². The molecule has 0 spiro atoms. The molecular formula is C19H28N6S. The van der Waals surface area contributed by atoms with E-state index in [1.807, 2.05) is 29.6 Å². The third-order valence-corrected chi connectivity index (χ3v) is 5.53. The summed E-state index contributed by atoms with van der Waals surface area (Å²) < 4.78 is 2.04. The first-order chi connectivity index (χ1) is 12.7. The minimum atomic E-state index is 0.331. The van der Waals surface area contributed by atoms with Gasteiger partial charge in [-0.15, -0.1) is 11.8 Å². The first-order valence-electron chi connectivity index (χ1n) is 9.29. The van der Waals surface area contributed by atoms with Crippen LogP contribution in [0.4, 0.5) is 0 Å². The van der Waals surface area contributed by atoms with Crippen LogP contribution in [0.1, 0.15) is 31.9 Å². The first kappa shape index (κ1) is 18.8. The Morgan fingerprint density at radius 2 is 2.19 bits per heavy atom. The van der Waals surface area contributed by atoms with Gasteiger partial charge in [-0.2, -0.15) is 5.10 Å². The van der Waals surface area contributed by atoms with E-state index in [0.29, 0.717) is 11.3 Å². The number of rotatable bonds is 6. The Labute approximate surface area is 159 Å². The van der Waals surface area contributed by atoms with Crippen LogP contribution in [-0.4, -0.2) is 45.6 Å². The fourth-order valence-corrected chi connectivity index (χ4v) is 3.98. The van der Waals surface area contributed by atoms with Gasteiger partial charge < -0.3 is 10.6 Å². The number of nitrogens with one attached hydrogen (secondary N) is 2. The van der Waals surface area contributed by atoms with Crippen molar-refractivity contribution in [1.29, 1.82) is 0 Å². The predicted molar refractivity (Wildman–Crippen MR) is 108 cm³/mol. The van der Waals surface area contributed by atoms with Crippen LogP contribution in [0.5, 0.6) is 0 Å². The van der Waals surface area contributed by atoms with Crippen LogP contribution in [-0.2, 0) is 19.4 Å². The fourth-order valence-electron chi connectivity index (χ4n) is 3.03. The van der Waals surface area contributed by atoms with Gasteiger partial charge in [0, 0.05) is 42.6 Å². The molecule has 2 atom stereocenters. The van der Waals surface area contributed by atoms with Crippen molar-refractivity contribution >= 4 is 17.7 Å². The van der Waals surface area contributed by atoms with Gasteiger partial charge in [-0.25, -0.2) is 9.67 Å². The smallest absolute Gasteiger partial charge is 0.191 e. The van der Waals surface area contributed by atoms with Gasteiger partial charge in [0.25, 0.3) is 0 Å². The summed E-state index contributed by atoms with van der Waals surface area (Å²) in [6.45, 7) is 6.03. The number of nitrogens with zero attached hydrogens (tertiary/aromatic N) is 4. The van der Waals surface area contributed by atoms with E-state index >= 15 is 0 Å². The predicted octanol–water partition coefficient (Wildman–Crippen LogP) is 2.50. The molecule has 140 valence electrons. The molecule has 26 heavy (non-hydrogen) atoms. The van der Waals surface area contributed by atoms with Crippen LogP contribution in [0.25, 0.3) is 0 Å². The molecule has 7 heteroatoms. The summed E-state index contributed by atoms with van der Waals surface area (Å²) in [4.78, 5) is 10.3. The van der Waals surface area contributed by atoms with Gasteiger partial charge in [-0.3, -0.25) is 4.99 Å². The quantitative estimate of drug-likeness (QED) is 0.463. The molecule has 0 amide bonds. The zero-order chi connectivity index (χ0) is 18.4. The van der Waals surface area contributed by atoms with E-state index in [1.165, 1.54) is 4.90 Å². The second kappa shape index (κ2) is 9.07. The monoisotopic (exact) mass is 372 g/mol. The van der Waals surface area contributed by atoms with Gasteiger partial charge in [0.15, 0.2) is 11.8 Å².